The molecule has 0 fully saturated rings. The molecule has 0 amide bonds. The number of hydrogen-bond acceptors (Lipinski definition) is 0. The van der Waals surface area contributed by atoms with Gasteiger partial charge < -0.3 is 0 Å². The molecule has 0 aliphatic heterocycles. The van der Waals surface area contributed by atoms with Crippen molar-refractivity contribution in [3.05, 3.63) is 130 Å². The van der Waals surface area contributed by atoms with Crippen LogP contribution < -0.4 is 0 Å². The van der Waals surface area contributed by atoms with Gasteiger partial charge in [0.25, 0.3) is 0 Å². The summed E-state index contributed by atoms with van der Waals surface area (Å²) in [7, 11) is 0. The van der Waals surface area contributed by atoms with E-state index in [0.717, 1.165) is 3.92 Å². The molecular weight excluding hydrogens is 607 g/mol. The maximum absolute atomic E-state index is 2.60. The minimum atomic E-state index is 0.255. The third-order valence-electron chi connectivity index (χ3n) is 8.28. The molecule has 1 heteroatoms. The van der Waals surface area contributed by atoms with Gasteiger partial charge in [0.15, 0.2) is 0 Å². The summed E-state index contributed by atoms with van der Waals surface area (Å²) in [5.41, 5.74) is 11.7. The Kier molecular flexibility index (Phi) is 14.1. The number of alkyl halides is 1. The van der Waals surface area contributed by atoms with Crippen LogP contribution in [0.15, 0.2) is 130 Å². The van der Waals surface area contributed by atoms with Crippen molar-refractivity contribution in [2.75, 3.05) is 0 Å². The molecule has 41 heavy (non-hydrogen) atoms. The molecule has 0 aromatic heterocycles. The molecule has 0 N–H and O–H groups in total. The average molecular weight is 663 g/mol. The largest absolute Gasteiger partial charge is 0.0822 e. The van der Waals surface area contributed by atoms with E-state index in [1.807, 2.05) is 0 Å². The van der Waals surface area contributed by atoms with Gasteiger partial charge in [0.05, 0.1) is 0 Å². The molecule has 0 spiro atoms. The first-order valence-corrected chi connectivity index (χ1v) is 16.6. The summed E-state index contributed by atoms with van der Waals surface area (Å²) in [5.74, 6) is 0. The van der Waals surface area contributed by atoms with Gasteiger partial charge in [-0.2, -0.15) is 0 Å². The lowest BCUT2D eigenvalue weighted by molar-refractivity contribution is 0.377. The molecule has 2 aliphatic carbocycles. The Morgan fingerprint density at radius 1 is 0.634 bits per heavy atom. The topological polar surface area (TPSA) is 0 Å². The van der Waals surface area contributed by atoms with Gasteiger partial charge in [-0.15, -0.1) is 0 Å². The average Bonchev–Trinajstić information content (AvgIpc) is 2.84. The lowest BCUT2D eigenvalue weighted by Crippen LogP contribution is -2.25. The first-order chi connectivity index (χ1) is 19.2. The van der Waals surface area contributed by atoms with Crippen LogP contribution in [0.4, 0.5) is 0 Å². The maximum atomic E-state index is 2.60. The molecule has 0 unspecified atom stereocenters. The number of rotatable bonds is 10. The molecule has 222 valence electrons. The molecule has 0 saturated carbocycles. The Morgan fingerprint density at radius 2 is 1.07 bits per heavy atom. The standard InChI is InChI=1S/C40H55I/c1-30(18-13-20-32(3)23-25-37-34(5)22-15-27-39(37,7)8)16-11-12-17-31(2)19-14-21-33(4)24-26-38-35(6)28-36(41)29-40(38,9)10/h11-14,16-21,23-26,36H,15,22,27-29H2,1-10H3/b12-11+,18-13+,19-14+,25-23+,26-24+,30-16+,31-17+,32-20+,33-21+/t36-/m0/s1. The third kappa shape index (κ3) is 12.3. The Balaban J connectivity index is 1.90. The molecule has 1 atom stereocenters. The molecule has 2 aliphatic rings. The molecule has 0 saturated heterocycles. The van der Waals surface area contributed by atoms with Crippen molar-refractivity contribution < 1.29 is 0 Å². The monoisotopic (exact) mass is 662 g/mol. The predicted molar refractivity (Wildman–Crippen MR) is 195 cm³/mol. The minimum absolute atomic E-state index is 0.255. The van der Waals surface area contributed by atoms with Crippen LogP contribution in [0.2, 0.25) is 0 Å². The van der Waals surface area contributed by atoms with E-state index >= 15 is 0 Å². The smallest absolute Gasteiger partial charge is 0.0155 e. The molecule has 0 bridgehead atoms. The van der Waals surface area contributed by atoms with Crippen molar-refractivity contribution in [1.82, 2.24) is 0 Å². The highest BCUT2D eigenvalue weighted by Crippen LogP contribution is 2.43. The van der Waals surface area contributed by atoms with Crippen LogP contribution in [0.3, 0.4) is 0 Å². The lowest BCUT2D eigenvalue weighted by atomic mass is 9.72. The highest BCUT2D eigenvalue weighted by molar-refractivity contribution is 14.1. The summed E-state index contributed by atoms with van der Waals surface area (Å²) in [6.45, 7) is 22.7. The predicted octanol–water partition coefficient (Wildman–Crippen LogP) is 13.0. The Labute approximate surface area is 267 Å². The van der Waals surface area contributed by atoms with Crippen molar-refractivity contribution in [1.29, 1.82) is 0 Å². The molecule has 2 rings (SSSR count). The zero-order chi connectivity index (χ0) is 30.6. The van der Waals surface area contributed by atoms with Gasteiger partial charge in [-0.1, -0.05) is 169 Å². The van der Waals surface area contributed by atoms with Gasteiger partial charge in [-0.05, 0) is 95.6 Å². The summed E-state index contributed by atoms with van der Waals surface area (Å²) in [6.07, 6.45) is 37.0. The molecule has 0 radical (unpaired) electrons. The number of hydrogen-bond donors (Lipinski definition) is 0. The molecule has 0 heterocycles. The van der Waals surface area contributed by atoms with E-state index in [9.17, 15) is 0 Å². The molecular formula is C40H55I. The lowest BCUT2D eigenvalue weighted by Gasteiger charge is -2.35. The Morgan fingerprint density at radius 3 is 1.54 bits per heavy atom. The second-order valence-electron chi connectivity index (χ2n) is 13.4. The van der Waals surface area contributed by atoms with Crippen LogP contribution in [0.1, 0.15) is 101 Å². The van der Waals surface area contributed by atoms with Crippen molar-refractivity contribution in [3.63, 3.8) is 0 Å². The first-order valence-electron chi connectivity index (χ1n) is 15.3. The van der Waals surface area contributed by atoms with E-state index in [1.165, 1.54) is 71.1 Å². The normalized spacial score (nSPS) is 23.5. The highest BCUT2D eigenvalue weighted by atomic mass is 127. The number of allylic oxidation sites excluding steroid dienone is 22. The summed E-state index contributed by atoms with van der Waals surface area (Å²) in [4.78, 5) is 0. The summed E-state index contributed by atoms with van der Waals surface area (Å²) < 4.78 is 0.750. The van der Waals surface area contributed by atoms with E-state index < -0.39 is 0 Å². The highest BCUT2D eigenvalue weighted by Gasteiger charge is 2.31. The zero-order valence-corrected chi connectivity index (χ0v) is 29.7. The zero-order valence-electron chi connectivity index (χ0n) is 27.6. The van der Waals surface area contributed by atoms with Gasteiger partial charge in [0.1, 0.15) is 0 Å². The molecule has 0 aromatic carbocycles. The maximum Gasteiger partial charge on any atom is 0.0155 e. The van der Waals surface area contributed by atoms with Crippen molar-refractivity contribution in [2.24, 2.45) is 10.8 Å². The van der Waals surface area contributed by atoms with Crippen LogP contribution in [-0.2, 0) is 0 Å². The van der Waals surface area contributed by atoms with Crippen LogP contribution in [0, 0.1) is 10.8 Å². The van der Waals surface area contributed by atoms with Gasteiger partial charge in [-0.25, -0.2) is 0 Å². The van der Waals surface area contributed by atoms with Crippen LogP contribution in [0.25, 0.3) is 0 Å². The van der Waals surface area contributed by atoms with Crippen LogP contribution in [-0.4, -0.2) is 3.92 Å². The first kappa shape index (κ1) is 35.1. The fourth-order valence-electron chi connectivity index (χ4n) is 5.90. The summed E-state index contributed by atoms with van der Waals surface area (Å²) in [6, 6.07) is 0. The van der Waals surface area contributed by atoms with Crippen molar-refractivity contribution >= 4 is 22.6 Å². The Hall–Kier alpha value is -2.13. The molecule has 0 aromatic rings. The van der Waals surface area contributed by atoms with Crippen molar-refractivity contribution in [2.45, 2.75) is 105 Å². The second kappa shape index (κ2) is 16.5. The third-order valence-corrected chi connectivity index (χ3v) is 9.16. The van der Waals surface area contributed by atoms with Crippen molar-refractivity contribution in [3.8, 4) is 0 Å². The van der Waals surface area contributed by atoms with E-state index in [1.54, 1.807) is 5.57 Å². The van der Waals surface area contributed by atoms with Gasteiger partial charge in [0, 0.05) is 3.92 Å². The van der Waals surface area contributed by atoms with E-state index in [0.29, 0.717) is 5.41 Å². The summed E-state index contributed by atoms with van der Waals surface area (Å²) >= 11 is 2.60. The fraction of sp³-hybridized carbons (Fsp3) is 0.450. The van der Waals surface area contributed by atoms with E-state index in [4.69, 9.17) is 0 Å². The van der Waals surface area contributed by atoms with Gasteiger partial charge in [0.2, 0.25) is 0 Å². The van der Waals surface area contributed by atoms with E-state index in [-0.39, 0.29) is 5.41 Å². The summed E-state index contributed by atoms with van der Waals surface area (Å²) in [5, 5.41) is 0. The second-order valence-corrected chi connectivity index (χ2v) is 15.2. The SMILES string of the molecule is CC1=C(/C=C/C(C)=C/C=C/C(C)=C/C=C/C=C(C)/C=C/C=C(C)/C=C/C2=C(C)C[C@H](I)CC2(C)C)C(C)(C)CCC1. The Bertz CT molecular complexity index is 1250. The van der Waals surface area contributed by atoms with Gasteiger partial charge >= 0.3 is 0 Å². The van der Waals surface area contributed by atoms with Crippen LogP contribution >= 0.6 is 22.6 Å². The quantitative estimate of drug-likeness (QED) is 0.124. The molecule has 0 nitrogen and oxygen atoms in total. The van der Waals surface area contributed by atoms with Gasteiger partial charge in [-0.3, -0.25) is 0 Å². The minimum Gasteiger partial charge on any atom is -0.0822 e. The van der Waals surface area contributed by atoms with E-state index in [2.05, 4.69) is 177 Å². The van der Waals surface area contributed by atoms with Crippen LogP contribution in [0.5, 0.6) is 0 Å². The number of halogens is 1. The fourth-order valence-corrected chi connectivity index (χ4v) is 7.67.